The van der Waals surface area contributed by atoms with Gasteiger partial charge in [-0.3, -0.25) is 4.79 Å². The van der Waals surface area contributed by atoms with Gasteiger partial charge in [0.2, 0.25) is 0 Å². The monoisotopic (exact) mass is 272 g/mol. The molecule has 0 fully saturated rings. The minimum Gasteiger partial charge on any atom is -0.344 e. The van der Waals surface area contributed by atoms with E-state index >= 15 is 0 Å². The van der Waals surface area contributed by atoms with Crippen molar-refractivity contribution >= 4 is 5.91 Å². The average molecular weight is 272 g/mol. The number of nitrogens with two attached hydrogens (primary N) is 1. The highest BCUT2D eigenvalue weighted by Gasteiger charge is 2.21. The highest BCUT2D eigenvalue weighted by Crippen LogP contribution is 2.12. The Hall–Kier alpha value is -2.14. The van der Waals surface area contributed by atoms with Crippen LogP contribution in [0.15, 0.2) is 36.4 Å². The lowest BCUT2D eigenvalue weighted by molar-refractivity contribution is 0.0910. The summed E-state index contributed by atoms with van der Waals surface area (Å²) in [5.74, 6) is -0.210. The summed E-state index contributed by atoms with van der Waals surface area (Å²) in [5, 5.41) is 7.24. The van der Waals surface area contributed by atoms with Crippen molar-refractivity contribution < 1.29 is 4.79 Å². The van der Waals surface area contributed by atoms with E-state index in [0.29, 0.717) is 12.2 Å². The van der Waals surface area contributed by atoms with Crippen LogP contribution in [0.2, 0.25) is 0 Å². The maximum absolute atomic E-state index is 12.2. The Labute approximate surface area is 118 Å². The van der Waals surface area contributed by atoms with Crippen LogP contribution in [0.5, 0.6) is 0 Å². The molecule has 0 atom stereocenters. The number of carbonyl (C=O) groups excluding carboxylic acids is 1. The minimum absolute atomic E-state index is 0.210. The van der Waals surface area contributed by atoms with Gasteiger partial charge in [0.15, 0.2) is 5.69 Å². The molecule has 2 rings (SSSR count). The van der Waals surface area contributed by atoms with Crippen molar-refractivity contribution in [2.45, 2.75) is 26.3 Å². The van der Waals surface area contributed by atoms with E-state index in [4.69, 9.17) is 5.73 Å². The molecule has 0 saturated carbocycles. The summed E-state index contributed by atoms with van der Waals surface area (Å²) in [6, 6.07) is 11.5. The largest absolute Gasteiger partial charge is 0.344 e. The van der Waals surface area contributed by atoms with E-state index in [2.05, 4.69) is 10.4 Å². The van der Waals surface area contributed by atoms with Gasteiger partial charge in [-0.05, 0) is 39.0 Å². The second kappa shape index (κ2) is 5.46. The highest BCUT2D eigenvalue weighted by molar-refractivity contribution is 5.93. The average Bonchev–Trinajstić information content (AvgIpc) is 2.81. The Balaban J connectivity index is 2.26. The topological polar surface area (TPSA) is 72.9 Å². The van der Waals surface area contributed by atoms with Gasteiger partial charge in [0.25, 0.3) is 5.91 Å². The number of aromatic nitrogens is 2. The van der Waals surface area contributed by atoms with Crippen molar-refractivity contribution in [2.24, 2.45) is 5.73 Å². The second-order valence-electron chi connectivity index (χ2n) is 5.46. The van der Waals surface area contributed by atoms with Crippen molar-refractivity contribution in [3.63, 3.8) is 0 Å². The zero-order valence-corrected chi connectivity index (χ0v) is 12.1. The molecule has 5 nitrogen and oxygen atoms in total. The van der Waals surface area contributed by atoms with Gasteiger partial charge >= 0.3 is 0 Å². The first-order valence-electron chi connectivity index (χ1n) is 6.57. The molecule has 2 aromatic rings. The molecule has 0 bridgehead atoms. The molecule has 0 aliphatic heterocycles. The third-order valence-corrected chi connectivity index (χ3v) is 3.08. The number of amides is 1. The zero-order chi connectivity index (χ0) is 14.8. The highest BCUT2D eigenvalue weighted by atomic mass is 16.2. The van der Waals surface area contributed by atoms with E-state index in [0.717, 1.165) is 11.4 Å². The first-order valence-corrected chi connectivity index (χ1v) is 6.57. The Bertz CT molecular complexity index is 602. The lowest BCUT2D eigenvalue weighted by Crippen LogP contribution is -2.48. The van der Waals surface area contributed by atoms with Gasteiger partial charge in [0, 0.05) is 17.8 Å². The molecule has 0 radical (unpaired) electrons. The molecule has 0 unspecified atom stereocenters. The SMILES string of the molecule is Cc1cc(C(=O)NC(C)(C)CN)nn1-c1ccccc1. The first-order chi connectivity index (χ1) is 9.43. The lowest BCUT2D eigenvalue weighted by Gasteiger charge is -2.23. The van der Waals surface area contributed by atoms with Gasteiger partial charge in [-0.1, -0.05) is 18.2 Å². The molecule has 0 saturated heterocycles. The number of carbonyl (C=O) groups is 1. The van der Waals surface area contributed by atoms with E-state index < -0.39 is 5.54 Å². The predicted molar refractivity (Wildman–Crippen MR) is 78.9 cm³/mol. The van der Waals surface area contributed by atoms with E-state index in [1.807, 2.05) is 51.1 Å². The Kier molecular flexibility index (Phi) is 3.90. The summed E-state index contributed by atoms with van der Waals surface area (Å²) in [6.07, 6.45) is 0. The van der Waals surface area contributed by atoms with Gasteiger partial charge < -0.3 is 11.1 Å². The summed E-state index contributed by atoms with van der Waals surface area (Å²) in [6.45, 7) is 6.06. The van der Waals surface area contributed by atoms with Crippen molar-refractivity contribution in [1.29, 1.82) is 0 Å². The number of aryl methyl sites for hydroxylation is 1. The minimum atomic E-state index is -0.443. The van der Waals surface area contributed by atoms with E-state index in [1.165, 1.54) is 0 Å². The number of para-hydroxylation sites is 1. The fraction of sp³-hybridized carbons (Fsp3) is 0.333. The number of hydrogen-bond acceptors (Lipinski definition) is 3. The lowest BCUT2D eigenvalue weighted by atomic mass is 10.1. The van der Waals surface area contributed by atoms with Crippen LogP contribution in [0.4, 0.5) is 0 Å². The summed E-state index contributed by atoms with van der Waals surface area (Å²) in [5.41, 5.74) is 7.41. The number of hydrogen-bond donors (Lipinski definition) is 2. The summed E-state index contributed by atoms with van der Waals surface area (Å²) < 4.78 is 1.75. The van der Waals surface area contributed by atoms with Crippen LogP contribution in [0.1, 0.15) is 30.0 Å². The van der Waals surface area contributed by atoms with Gasteiger partial charge in [0.05, 0.1) is 5.69 Å². The number of benzene rings is 1. The maximum atomic E-state index is 12.2. The molecule has 0 aliphatic carbocycles. The zero-order valence-electron chi connectivity index (χ0n) is 12.1. The third kappa shape index (κ3) is 3.05. The smallest absolute Gasteiger partial charge is 0.272 e. The van der Waals surface area contributed by atoms with E-state index in [9.17, 15) is 4.79 Å². The van der Waals surface area contributed by atoms with E-state index in [1.54, 1.807) is 10.7 Å². The summed E-state index contributed by atoms with van der Waals surface area (Å²) in [4.78, 5) is 12.2. The third-order valence-electron chi connectivity index (χ3n) is 3.08. The van der Waals surface area contributed by atoms with Gasteiger partial charge in [-0.25, -0.2) is 4.68 Å². The second-order valence-corrected chi connectivity index (χ2v) is 5.46. The van der Waals surface area contributed by atoms with E-state index in [-0.39, 0.29) is 5.91 Å². The summed E-state index contributed by atoms with van der Waals surface area (Å²) in [7, 11) is 0. The molecular formula is C15H20N4O. The maximum Gasteiger partial charge on any atom is 0.272 e. The molecule has 1 aromatic carbocycles. The van der Waals surface area contributed by atoms with Crippen LogP contribution in [0.3, 0.4) is 0 Å². The van der Waals surface area contributed by atoms with Crippen LogP contribution in [-0.4, -0.2) is 27.8 Å². The van der Waals surface area contributed by atoms with Crippen LogP contribution >= 0.6 is 0 Å². The van der Waals surface area contributed by atoms with Crippen molar-refractivity contribution in [3.05, 3.63) is 47.8 Å². The van der Waals surface area contributed by atoms with Crippen molar-refractivity contribution in [2.75, 3.05) is 6.54 Å². The quantitative estimate of drug-likeness (QED) is 0.888. The fourth-order valence-electron chi connectivity index (χ4n) is 1.84. The Morgan fingerprint density at radius 2 is 2.00 bits per heavy atom. The van der Waals surface area contributed by atoms with Crippen molar-refractivity contribution in [1.82, 2.24) is 15.1 Å². The molecule has 106 valence electrons. The van der Waals surface area contributed by atoms with Gasteiger partial charge in [0.1, 0.15) is 0 Å². The Morgan fingerprint density at radius 3 is 2.60 bits per heavy atom. The number of nitrogens with one attached hydrogen (secondary N) is 1. The fourth-order valence-corrected chi connectivity index (χ4v) is 1.84. The molecular weight excluding hydrogens is 252 g/mol. The standard InChI is InChI=1S/C15H20N4O/c1-11-9-13(14(20)17-15(2,3)10-16)18-19(11)12-7-5-4-6-8-12/h4-9H,10,16H2,1-3H3,(H,17,20). The summed E-state index contributed by atoms with van der Waals surface area (Å²) >= 11 is 0. The molecule has 0 spiro atoms. The molecule has 3 N–H and O–H groups in total. The normalized spacial score (nSPS) is 11.4. The molecule has 0 aliphatic rings. The van der Waals surface area contributed by atoms with Crippen molar-refractivity contribution in [3.8, 4) is 5.69 Å². The van der Waals surface area contributed by atoms with Crippen LogP contribution < -0.4 is 11.1 Å². The molecule has 1 heterocycles. The number of rotatable bonds is 4. The predicted octanol–water partition coefficient (Wildman–Crippen LogP) is 1.65. The Morgan fingerprint density at radius 1 is 1.35 bits per heavy atom. The molecule has 1 amide bonds. The van der Waals surface area contributed by atoms with Gasteiger partial charge in [-0.15, -0.1) is 0 Å². The molecule has 5 heteroatoms. The number of nitrogens with zero attached hydrogens (tertiary/aromatic N) is 2. The van der Waals surface area contributed by atoms with Crippen LogP contribution in [-0.2, 0) is 0 Å². The molecule has 1 aromatic heterocycles. The van der Waals surface area contributed by atoms with Crippen LogP contribution in [0, 0.1) is 6.92 Å². The van der Waals surface area contributed by atoms with Gasteiger partial charge in [-0.2, -0.15) is 5.10 Å². The molecule has 20 heavy (non-hydrogen) atoms. The first kappa shape index (κ1) is 14.3. The van der Waals surface area contributed by atoms with Crippen LogP contribution in [0.25, 0.3) is 5.69 Å².